The van der Waals surface area contributed by atoms with Gasteiger partial charge in [-0.3, -0.25) is 4.55 Å². The predicted molar refractivity (Wildman–Crippen MR) is 46.4 cm³/mol. The summed E-state index contributed by atoms with van der Waals surface area (Å²) >= 11 is 0. The molecule has 72 valence electrons. The Morgan fingerprint density at radius 1 is 1.46 bits per heavy atom. The van der Waals surface area contributed by atoms with Gasteiger partial charge in [-0.05, 0) is 24.6 Å². The Bertz CT molecular complexity index is 400. The third-order valence-corrected chi connectivity index (χ3v) is 2.93. The lowest BCUT2D eigenvalue weighted by Gasteiger charge is -2.07. The molecule has 0 aromatic heterocycles. The van der Waals surface area contributed by atoms with Crippen molar-refractivity contribution in [1.29, 1.82) is 0 Å². The van der Waals surface area contributed by atoms with Crippen molar-refractivity contribution in [2.24, 2.45) is 0 Å². The van der Waals surface area contributed by atoms with E-state index in [-0.39, 0.29) is 5.56 Å². The zero-order chi connectivity index (χ0) is 10.1. The van der Waals surface area contributed by atoms with Crippen molar-refractivity contribution >= 4 is 10.1 Å². The highest BCUT2D eigenvalue weighted by Crippen LogP contribution is 2.20. The molecule has 0 bridgehead atoms. The smallest absolute Gasteiger partial charge is 0.271 e. The molecule has 1 aromatic carbocycles. The van der Waals surface area contributed by atoms with Crippen LogP contribution in [0, 0.1) is 5.82 Å². The van der Waals surface area contributed by atoms with Crippen LogP contribution < -0.4 is 0 Å². The van der Waals surface area contributed by atoms with Gasteiger partial charge in [-0.2, -0.15) is 8.42 Å². The van der Waals surface area contributed by atoms with E-state index in [0.29, 0.717) is 0 Å². The Kier molecular flexibility index (Phi) is 2.68. The highest BCUT2D eigenvalue weighted by Gasteiger charge is 2.19. The molecule has 13 heavy (non-hydrogen) atoms. The SMILES string of the molecule is C[C@@H](c1cccc(F)c1)S(=O)(=O)O. The molecular formula is C8H9FO3S. The number of hydrogen-bond acceptors (Lipinski definition) is 2. The van der Waals surface area contributed by atoms with Gasteiger partial charge in [-0.1, -0.05) is 12.1 Å². The van der Waals surface area contributed by atoms with Gasteiger partial charge in [-0.25, -0.2) is 4.39 Å². The summed E-state index contributed by atoms with van der Waals surface area (Å²) < 4.78 is 42.7. The van der Waals surface area contributed by atoms with Crippen LogP contribution in [0.5, 0.6) is 0 Å². The van der Waals surface area contributed by atoms with E-state index in [1.165, 1.54) is 25.1 Å². The van der Waals surface area contributed by atoms with Crippen molar-refractivity contribution < 1.29 is 17.4 Å². The third-order valence-electron chi connectivity index (χ3n) is 1.76. The molecule has 1 atom stereocenters. The lowest BCUT2D eigenvalue weighted by Crippen LogP contribution is -2.08. The average Bonchev–Trinajstić information content (AvgIpc) is 2.01. The molecule has 0 heterocycles. The molecular weight excluding hydrogens is 195 g/mol. The van der Waals surface area contributed by atoms with Gasteiger partial charge in [-0.15, -0.1) is 0 Å². The standard InChI is InChI=1S/C8H9FO3S/c1-6(13(10,11)12)7-3-2-4-8(9)5-7/h2-6H,1H3,(H,10,11,12)/t6-/m0/s1. The fraction of sp³-hybridized carbons (Fsp3) is 0.250. The highest BCUT2D eigenvalue weighted by molar-refractivity contribution is 7.86. The Morgan fingerprint density at radius 2 is 2.08 bits per heavy atom. The monoisotopic (exact) mass is 204 g/mol. The fourth-order valence-corrected chi connectivity index (χ4v) is 1.42. The number of hydrogen-bond donors (Lipinski definition) is 1. The van der Waals surface area contributed by atoms with E-state index in [4.69, 9.17) is 4.55 Å². The van der Waals surface area contributed by atoms with E-state index in [2.05, 4.69) is 0 Å². The van der Waals surface area contributed by atoms with Gasteiger partial charge in [0.05, 0.1) is 0 Å². The molecule has 1 N–H and O–H groups in total. The summed E-state index contributed by atoms with van der Waals surface area (Å²) in [5, 5.41) is -1.09. The molecule has 0 saturated heterocycles. The largest absolute Gasteiger partial charge is 0.285 e. The van der Waals surface area contributed by atoms with E-state index in [0.717, 1.165) is 6.07 Å². The zero-order valence-electron chi connectivity index (χ0n) is 6.94. The molecule has 0 saturated carbocycles. The first-order valence-corrected chi connectivity index (χ1v) is 5.13. The Hall–Kier alpha value is -0.940. The number of benzene rings is 1. The van der Waals surface area contributed by atoms with Crippen LogP contribution in [0.25, 0.3) is 0 Å². The summed E-state index contributed by atoms with van der Waals surface area (Å²) in [4.78, 5) is 0. The maximum Gasteiger partial charge on any atom is 0.271 e. The van der Waals surface area contributed by atoms with Crippen molar-refractivity contribution in [1.82, 2.24) is 0 Å². The normalized spacial score (nSPS) is 14.1. The Balaban J connectivity index is 3.10. The van der Waals surface area contributed by atoms with Crippen molar-refractivity contribution in [2.45, 2.75) is 12.2 Å². The van der Waals surface area contributed by atoms with Gasteiger partial charge < -0.3 is 0 Å². The van der Waals surface area contributed by atoms with Crippen LogP contribution in [0.3, 0.4) is 0 Å². The summed E-state index contributed by atoms with van der Waals surface area (Å²) in [6.07, 6.45) is 0. The quantitative estimate of drug-likeness (QED) is 0.747. The van der Waals surface area contributed by atoms with E-state index < -0.39 is 21.2 Å². The fourth-order valence-electron chi connectivity index (χ4n) is 0.931. The Labute approximate surface area is 76.0 Å². The van der Waals surface area contributed by atoms with Crippen LogP contribution in [0.1, 0.15) is 17.7 Å². The van der Waals surface area contributed by atoms with E-state index in [1.807, 2.05) is 0 Å². The molecule has 5 heteroatoms. The zero-order valence-corrected chi connectivity index (χ0v) is 7.75. The first-order chi connectivity index (χ1) is 5.91. The Morgan fingerprint density at radius 3 is 2.54 bits per heavy atom. The molecule has 1 aromatic rings. The third kappa shape index (κ3) is 2.50. The van der Waals surface area contributed by atoms with Gasteiger partial charge in [0.25, 0.3) is 10.1 Å². The van der Waals surface area contributed by atoms with Crippen molar-refractivity contribution in [3.63, 3.8) is 0 Å². The molecule has 0 aliphatic heterocycles. The second-order valence-corrected chi connectivity index (χ2v) is 4.45. The van der Waals surface area contributed by atoms with Gasteiger partial charge in [0, 0.05) is 0 Å². The summed E-state index contributed by atoms with van der Waals surface area (Å²) in [5.74, 6) is -0.520. The van der Waals surface area contributed by atoms with Crippen LogP contribution >= 0.6 is 0 Å². The number of rotatable bonds is 2. The van der Waals surface area contributed by atoms with Crippen molar-refractivity contribution in [3.8, 4) is 0 Å². The first-order valence-electron chi connectivity index (χ1n) is 3.63. The maximum atomic E-state index is 12.6. The molecule has 0 spiro atoms. The lowest BCUT2D eigenvalue weighted by molar-refractivity contribution is 0.472. The van der Waals surface area contributed by atoms with Gasteiger partial charge >= 0.3 is 0 Å². The molecule has 0 fully saturated rings. The summed E-state index contributed by atoms with van der Waals surface area (Å²) in [7, 11) is -4.14. The topological polar surface area (TPSA) is 54.4 Å². The summed E-state index contributed by atoms with van der Waals surface area (Å²) in [6.45, 7) is 1.30. The predicted octanol–water partition coefficient (Wildman–Crippen LogP) is 1.77. The molecule has 0 amide bonds. The average molecular weight is 204 g/mol. The van der Waals surface area contributed by atoms with E-state index in [1.54, 1.807) is 0 Å². The minimum atomic E-state index is -4.14. The minimum absolute atomic E-state index is 0.238. The number of halogens is 1. The summed E-state index contributed by atoms with van der Waals surface area (Å²) in [6, 6.07) is 5.13. The minimum Gasteiger partial charge on any atom is -0.285 e. The second-order valence-electron chi connectivity index (χ2n) is 2.71. The molecule has 1 rings (SSSR count). The molecule has 0 unspecified atom stereocenters. The van der Waals surface area contributed by atoms with Gasteiger partial charge in [0.2, 0.25) is 0 Å². The van der Waals surface area contributed by atoms with Gasteiger partial charge in [0.15, 0.2) is 0 Å². The highest BCUT2D eigenvalue weighted by atomic mass is 32.2. The molecule has 0 radical (unpaired) electrons. The van der Waals surface area contributed by atoms with Crippen LogP contribution in [-0.4, -0.2) is 13.0 Å². The summed E-state index contributed by atoms with van der Waals surface area (Å²) in [5.41, 5.74) is 0.238. The van der Waals surface area contributed by atoms with Crippen LogP contribution in [0.2, 0.25) is 0 Å². The van der Waals surface area contributed by atoms with E-state index in [9.17, 15) is 12.8 Å². The van der Waals surface area contributed by atoms with Crippen LogP contribution in [0.4, 0.5) is 4.39 Å². The van der Waals surface area contributed by atoms with E-state index >= 15 is 0 Å². The van der Waals surface area contributed by atoms with Crippen molar-refractivity contribution in [2.75, 3.05) is 0 Å². The molecule has 0 aliphatic carbocycles. The van der Waals surface area contributed by atoms with Crippen LogP contribution in [0.15, 0.2) is 24.3 Å². The second kappa shape index (κ2) is 3.43. The van der Waals surface area contributed by atoms with Crippen LogP contribution in [-0.2, 0) is 10.1 Å². The molecule has 0 aliphatic rings. The van der Waals surface area contributed by atoms with Gasteiger partial charge in [0.1, 0.15) is 11.1 Å². The van der Waals surface area contributed by atoms with Crippen molar-refractivity contribution in [3.05, 3.63) is 35.6 Å². The molecule has 3 nitrogen and oxygen atoms in total. The first kappa shape index (κ1) is 10.1. The lowest BCUT2D eigenvalue weighted by atomic mass is 10.2. The maximum absolute atomic E-state index is 12.6.